The van der Waals surface area contributed by atoms with Crippen molar-refractivity contribution in [2.45, 2.75) is 38.0 Å². The molecule has 2 aromatic heterocycles. The van der Waals surface area contributed by atoms with Gasteiger partial charge in [0.15, 0.2) is 0 Å². The lowest BCUT2D eigenvalue weighted by Crippen LogP contribution is -2.40. The quantitative estimate of drug-likeness (QED) is 0.525. The Kier molecular flexibility index (Phi) is 6.42. The summed E-state index contributed by atoms with van der Waals surface area (Å²) in [4.78, 5) is 29.0. The van der Waals surface area contributed by atoms with Gasteiger partial charge in [0, 0.05) is 55.1 Å². The third-order valence-corrected chi connectivity index (χ3v) is 6.44. The van der Waals surface area contributed by atoms with E-state index in [-0.39, 0.29) is 11.8 Å². The van der Waals surface area contributed by atoms with E-state index in [1.165, 1.54) is 0 Å². The van der Waals surface area contributed by atoms with Crippen LogP contribution in [0.15, 0.2) is 73.1 Å². The summed E-state index contributed by atoms with van der Waals surface area (Å²) in [6.07, 6.45) is 12.7. The summed E-state index contributed by atoms with van der Waals surface area (Å²) < 4.78 is 0. The van der Waals surface area contributed by atoms with Gasteiger partial charge >= 0.3 is 0 Å². The Hall–Kier alpha value is -3.54. The monoisotopic (exact) mass is 439 g/mol. The number of benzene rings is 1. The minimum atomic E-state index is 0.120. The average molecular weight is 440 g/mol. The maximum atomic E-state index is 13.0. The number of carbonyl (C=O) groups excluding carboxylic acids is 1. The average Bonchev–Trinajstić information content (AvgIpc) is 3.38. The molecule has 1 aliphatic heterocycles. The second-order valence-electron chi connectivity index (χ2n) is 8.88. The number of pyridine rings is 1. The van der Waals surface area contributed by atoms with Crippen LogP contribution in [0.25, 0.3) is 11.3 Å². The first-order valence-corrected chi connectivity index (χ1v) is 11.8. The second-order valence-corrected chi connectivity index (χ2v) is 8.88. The molecule has 3 aromatic rings. The number of anilines is 2. The van der Waals surface area contributed by atoms with Crippen LogP contribution < -0.4 is 5.32 Å². The molecule has 0 unspecified atom stereocenters. The van der Waals surface area contributed by atoms with Crippen molar-refractivity contribution in [2.75, 3.05) is 18.4 Å². The van der Waals surface area contributed by atoms with E-state index in [9.17, 15) is 4.79 Å². The van der Waals surface area contributed by atoms with Crippen molar-refractivity contribution in [3.63, 3.8) is 0 Å². The van der Waals surface area contributed by atoms with Crippen molar-refractivity contribution < 1.29 is 4.79 Å². The molecular formula is C27H29N5O. The molecule has 2 aliphatic rings. The summed E-state index contributed by atoms with van der Waals surface area (Å²) in [5.41, 5.74) is 2.77. The molecule has 33 heavy (non-hydrogen) atoms. The van der Waals surface area contributed by atoms with Crippen molar-refractivity contribution in [2.24, 2.45) is 5.92 Å². The van der Waals surface area contributed by atoms with Gasteiger partial charge in [-0.3, -0.25) is 9.78 Å². The van der Waals surface area contributed by atoms with Gasteiger partial charge < -0.3 is 10.2 Å². The van der Waals surface area contributed by atoms with Gasteiger partial charge in [-0.05, 0) is 55.9 Å². The van der Waals surface area contributed by atoms with Gasteiger partial charge in [0.1, 0.15) is 11.6 Å². The fourth-order valence-electron chi connectivity index (χ4n) is 4.68. The summed E-state index contributed by atoms with van der Waals surface area (Å²) in [6.45, 7) is 1.50. The molecule has 2 atom stereocenters. The molecule has 3 heterocycles. The van der Waals surface area contributed by atoms with Crippen molar-refractivity contribution in [3.8, 4) is 11.3 Å². The van der Waals surface area contributed by atoms with E-state index in [1.54, 1.807) is 6.20 Å². The van der Waals surface area contributed by atoms with Crippen LogP contribution in [0.1, 0.15) is 43.8 Å². The summed E-state index contributed by atoms with van der Waals surface area (Å²) in [5.74, 6) is 2.31. The highest BCUT2D eigenvalue weighted by Gasteiger charge is 2.28. The van der Waals surface area contributed by atoms with Crippen LogP contribution in [-0.4, -0.2) is 38.8 Å². The molecule has 1 amide bonds. The number of hydrogen-bond donors (Lipinski definition) is 1. The number of likely N-dealkylation sites (tertiary alicyclic amines) is 1. The van der Waals surface area contributed by atoms with Crippen LogP contribution in [0.2, 0.25) is 0 Å². The lowest BCUT2D eigenvalue weighted by Gasteiger charge is -2.33. The number of aromatic nitrogens is 3. The van der Waals surface area contributed by atoms with Gasteiger partial charge in [-0.2, -0.15) is 0 Å². The first-order valence-electron chi connectivity index (χ1n) is 11.8. The Morgan fingerprint density at radius 2 is 2.00 bits per heavy atom. The number of piperidine rings is 1. The molecule has 0 radical (unpaired) electrons. The Morgan fingerprint density at radius 3 is 2.79 bits per heavy atom. The van der Waals surface area contributed by atoms with E-state index in [2.05, 4.69) is 22.5 Å². The SMILES string of the molecule is O=C(C[C@H]1C=CCC1)N1CCC[C@H](c2nc(Nc3ccccc3)cc(-c3cccnc3)n2)C1. The van der Waals surface area contributed by atoms with E-state index in [0.717, 1.165) is 60.8 Å². The molecule has 168 valence electrons. The van der Waals surface area contributed by atoms with Gasteiger partial charge in [0.25, 0.3) is 0 Å². The van der Waals surface area contributed by atoms with Gasteiger partial charge in [-0.25, -0.2) is 9.97 Å². The summed E-state index contributed by atoms with van der Waals surface area (Å²) in [5, 5.41) is 3.42. The smallest absolute Gasteiger partial charge is 0.223 e. The fraction of sp³-hybridized carbons (Fsp3) is 0.333. The number of hydrogen-bond acceptors (Lipinski definition) is 5. The molecule has 1 aromatic carbocycles. The third-order valence-electron chi connectivity index (χ3n) is 6.44. The van der Waals surface area contributed by atoms with Crippen LogP contribution in [-0.2, 0) is 4.79 Å². The molecular weight excluding hydrogens is 410 g/mol. The van der Waals surface area contributed by atoms with Gasteiger partial charge in [-0.15, -0.1) is 0 Å². The molecule has 0 bridgehead atoms. The predicted molar refractivity (Wildman–Crippen MR) is 130 cm³/mol. The van der Waals surface area contributed by atoms with E-state index < -0.39 is 0 Å². The third kappa shape index (κ3) is 5.28. The maximum Gasteiger partial charge on any atom is 0.223 e. The summed E-state index contributed by atoms with van der Waals surface area (Å²) in [7, 11) is 0. The largest absolute Gasteiger partial charge is 0.342 e. The normalized spacial score (nSPS) is 20.1. The number of nitrogens with one attached hydrogen (secondary N) is 1. The fourth-order valence-corrected chi connectivity index (χ4v) is 4.68. The lowest BCUT2D eigenvalue weighted by molar-refractivity contribution is -0.133. The molecule has 1 saturated heterocycles. The van der Waals surface area contributed by atoms with Gasteiger partial charge in [0.2, 0.25) is 5.91 Å². The summed E-state index contributed by atoms with van der Waals surface area (Å²) >= 11 is 0. The van der Waals surface area contributed by atoms with E-state index in [1.807, 2.05) is 59.6 Å². The second kappa shape index (κ2) is 9.94. The van der Waals surface area contributed by atoms with Crippen molar-refractivity contribution in [3.05, 3.63) is 78.9 Å². The number of nitrogens with zero attached hydrogens (tertiary/aromatic N) is 4. The van der Waals surface area contributed by atoms with Crippen LogP contribution in [0.5, 0.6) is 0 Å². The van der Waals surface area contributed by atoms with E-state index in [0.29, 0.717) is 18.9 Å². The molecule has 1 aliphatic carbocycles. The Balaban J connectivity index is 1.40. The number of rotatable bonds is 6. The van der Waals surface area contributed by atoms with Gasteiger partial charge in [-0.1, -0.05) is 30.4 Å². The standard InChI is InChI=1S/C27H29N5O/c33-26(16-20-8-4-5-9-20)32-15-7-11-22(19-32)27-30-24(21-10-6-14-28-18-21)17-25(31-27)29-23-12-2-1-3-13-23/h1-4,6,8,10,12-14,17-18,20,22H,5,7,9,11,15-16,19H2,(H,29,30,31)/t20-,22-/m0/s1. The number of carbonyl (C=O) groups is 1. The zero-order valence-corrected chi connectivity index (χ0v) is 18.7. The predicted octanol–water partition coefficient (Wildman–Crippen LogP) is 5.34. The Morgan fingerprint density at radius 1 is 1.09 bits per heavy atom. The highest BCUT2D eigenvalue weighted by atomic mass is 16.2. The van der Waals surface area contributed by atoms with Crippen LogP contribution in [0, 0.1) is 5.92 Å². The molecule has 0 spiro atoms. The highest BCUT2D eigenvalue weighted by Crippen LogP contribution is 2.30. The molecule has 0 saturated carbocycles. The Bertz CT molecular complexity index is 1120. The number of para-hydroxylation sites is 1. The zero-order valence-electron chi connectivity index (χ0n) is 18.7. The molecule has 6 heteroatoms. The summed E-state index contributed by atoms with van der Waals surface area (Å²) in [6, 6.07) is 15.9. The zero-order chi connectivity index (χ0) is 22.5. The minimum absolute atomic E-state index is 0.120. The number of allylic oxidation sites excluding steroid dienone is 2. The highest BCUT2D eigenvalue weighted by molar-refractivity contribution is 5.77. The molecule has 1 fully saturated rings. The number of amides is 1. The van der Waals surface area contributed by atoms with Crippen molar-refractivity contribution in [1.29, 1.82) is 0 Å². The first-order chi connectivity index (χ1) is 16.2. The lowest BCUT2D eigenvalue weighted by atomic mass is 9.95. The Labute approximate surface area is 194 Å². The van der Waals surface area contributed by atoms with Crippen molar-refractivity contribution in [1.82, 2.24) is 19.9 Å². The van der Waals surface area contributed by atoms with Crippen LogP contribution in [0.3, 0.4) is 0 Å². The van der Waals surface area contributed by atoms with Crippen molar-refractivity contribution >= 4 is 17.4 Å². The maximum absolute atomic E-state index is 13.0. The van der Waals surface area contributed by atoms with Gasteiger partial charge in [0.05, 0.1) is 5.69 Å². The topological polar surface area (TPSA) is 71.0 Å². The van der Waals surface area contributed by atoms with Crippen LogP contribution in [0.4, 0.5) is 11.5 Å². The molecule has 1 N–H and O–H groups in total. The van der Waals surface area contributed by atoms with E-state index in [4.69, 9.17) is 9.97 Å². The first kappa shape index (κ1) is 21.3. The molecule has 6 nitrogen and oxygen atoms in total. The molecule has 5 rings (SSSR count). The van der Waals surface area contributed by atoms with Crippen LogP contribution >= 0.6 is 0 Å². The minimum Gasteiger partial charge on any atom is -0.342 e. The van der Waals surface area contributed by atoms with E-state index >= 15 is 0 Å².